The van der Waals surface area contributed by atoms with Gasteiger partial charge in [0.05, 0.1) is 0 Å². The molecule has 0 saturated heterocycles. The number of hydrogen-bond acceptors (Lipinski definition) is 3. The molecular weight excluding hydrogens is 160 g/mol. The Balaban J connectivity index is 3.81. The topological polar surface area (TPSA) is 35.5 Å². The number of rotatable bonds is 4. The first-order valence-electron chi connectivity index (χ1n) is 3.51. The van der Waals surface area contributed by atoms with Gasteiger partial charge in [-0.05, 0) is 6.92 Å². The minimum absolute atomic E-state index is 0.382. The summed E-state index contributed by atoms with van der Waals surface area (Å²) in [7, 11) is 0.576. The first kappa shape index (κ1) is 10.4. The highest BCUT2D eigenvalue weighted by Gasteiger charge is 2.10. The summed E-state index contributed by atoms with van der Waals surface area (Å²) in [6.07, 6.45) is 0.300. The fourth-order valence-corrected chi connectivity index (χ4v) is 0.948. The molecule has 0 aromatic carbocycles. The second-order valence-electron chi connectivity index (χ2n) is 2.26. The summed E-state index contributed by atoms with van der Waals surface area (Å²) in [5.74, 6) is -0.382. The van der Waals surface area contributed by atoms with Crippen LogP contribution in [0.4, 0.5) is 0 Å². The van der Waals surface area contributed by atoms with Crippen LogP contribution in [0.25, 0.3) is 0 Å². The summed E-state index contributed by atoms with van der Waals surface area (Å²) in [6, 6.07) is 0. The maximum absolute atomic E-state index is 10.9. The zero-order valence-electron chi connectivity index (χ0n) is 7.22. The molecule has 0 radical (unpaired) electrons. The van der Waals surface area contributed by atoms with E-state index >= 15 is 0 Å². The highest BCUT2D eigenvalue weighted by Crippen LogP contribution is 2.01. The van der Waals surface area contributed by atoms with E-state index in [9.17, 15) is 4.79 Å². The van der Waals surface area contributed by atoms with E-state index in [1.807, 2.05) is 6.92 Å². The Morgan fingerprint density at radius 2 is 2.27 bits per heavy atom. The first-order chi connectivity index (χ1) is 5.11. The van der Waals surface area contributed by atoms with Gasteiger partial charge in [-0.1, -0.05) is 13.5 Å². The van der Waals surface area contributed by atoms with Crippen LogP contribution in [0.1, 0.15) is 20.3 Å². The molecule has 0 spiro atoms. The highest BCUT2D eigenvalue weighted by atomic mass is 28.2. The minimum atomic E-state index is -0.383. The van der Waals surface area contributed by atoms with E-state index in [-0.39, 0.29) is 12.3 Å². The Morgan fingerprint density at radius 3 is 2.55 bits per heavy atom. The Kier molecular flexibility index (Phi) is 4.81. The normalized spacial score (nSPS) is 12.5. The van der Waals surface area contributed by atoms with E-state index in [4.69, 9.17) is 9.16 Å². The Hall–Kier alpha value is -0.613. The number of ether oxygens (including phenoxy) is 1. The first-order valence-corrected chi connectivity index (χ1v) is 4.32. The van der Waals surface area contributed by atoms with Crippen molar-refractivity contribution in [2.24, 2.45) is 0 Å². The molecule has 0 saturated carbocycles. The van der Waals surface area contributed by atoms with Crippen LogP contribution in [0.3, 0.4) is 0 Å². The van der Waals surface area contributed by atoms with Gasteiger partial charge in [-0.3, -0.25) is 0 Å². The molecule has 0 bridgehead atoms. The summed E-state index contributed by atoms with van der Waals surface area (Å²) in [6.45, 7) is 6.97. The van der Waals surface area contributed by atoms with Crippen molar-refractivity contribution in [3.05, 3.63) is 12.2 Å². The zero-order valence-corrected chi connectivity index (χ0v) is 9.22. The summed E-state index contributed by atoms with van der Waals surface area (Å²) in [5.41, 5.74) is 0.405. The fourth-order valence-electron chi connectivity index (χ4n) is 0.518. The third-order valence-corrected chi connectivity index (χ3v) is 1.71. The lowest BCUT2D eigenvalue weighted by Gasteiger charge is -2.13. The van der Waals surface area contributed by atoms with Crippen molar-refractivity contribution in [2.45, 2.75) is 26.6 Å². The van der Waals surface area contributed by atoms with Crippen molar-refractivity contribution in [3.8, 4) is 0 Å². The fraction of sp³-hybridized carbons (Fsp3) is 0.571. The number of hydrogen-bond donors (Lipinski definition) is 0. The highest BCUT2D eigenvalue weighted by molar-refractivity contribution is 5.98. The van der Waals surface area contributed by atoms with Crippen molar-refractivity contribution in [3.63, 3.8) is 0 Å². The zero-order chi connectivity index (χ0) is 8.85. The Bertz CT molecular complexity index is 152. The summed E-state index contributed by atoms with van der Waals surface area (Å²) in [5, 5.41) is 0. The molecule has 0 rings (SSSR count). The molecule has 3 nitrogen and oxygen atoms in total. The van der Waals surface area contributed by atoms with E-state index in [1.54, 1.807) is 6.92 Å². The number of esters is 1. The molecule has 0 aromatic heterocycles. The van der Waals surface area contributed by atoms with Gasteiger partial charge in [0, 0.05) is 12.0 Å². The molecule has 0 aliphatic carbocycles. The smallest absolute Gasteiger partial charge is 0.335 e. The molecule has 64 valence electrons. The SMILES string of the molecule is C=C(C)C(=O)OC(CC)O[SiH3]. The van der Waals surface area contributed by atoms with E-state index in [2.05, 4.69) is 6.58 Å². The predicted octanol–water partition coefficient (Wildman–Crippen LogP) is 0.139. The molecule has 0 amide bonds. The van der Waals surface area contributed by atoms with Crippen molar-refractivity contribution >= 4 is 16.5 Å². The third kappa shape index (κ3) is 3.95. The maximum Gasteiger partial charge on any atom is 0.335 e. The van der Waals surface area contributed by atoms with Gasteiger partial charge in [-0.15, -0.1) is 0 Å². The maximum atomic E-state index is 10.9. The Morgan fingerprint density at radius 1 is 1.73 bits per heavy atom. The van der Waals surface area contributed by atoms with Crippen molar-refractivity contribution in [1.29, 1.82) is 0 Å². The monoisotopic (exact) mass is 174 g/mol. The van der Waals surface area contributed by atoms with Crippen LogP contribution in [0, 0.1) is 0 Å². The lowest BCUT2D eigenvalue weighted by atomic mass is 10.3. The van der Waals surface area contributed by atoms with Gasteiger partial charge in [0.25, 0.3) is 0 Å². The molecule has 4 heteroatoms. The van der Waals surface area contributed by atoms with Crippen LogP contribution in [0.2, 0.25) is 0 Å². The average Bonchev–Trinajstić information content (AvgIpc) is 1.99. The van der Waals surface area contributed by atoms with Crippen LogP contribution >= 0.6 is 0 Å². The largest absolute Gasteiger partial charge is 0.433 e. The summed E-state index contributed by atoms with van der Waals surface area (Å²) < 4.78 is 9.86. The van der Waals surface area contributed by atoms with Gasteiger partial charge in [0.2, 0.25) is 0 Å². The molecule has 0 aliphatic heterocycles. The summed E-state index contributed by atoms with van der Waals surface area (Å²) in [4.78, 5) is 10.9. The van der Waals surface area contributed by atoms with Gasteiger partial charge in [-0.25, -0.2) is 4.79 Å². The van der Waals surface area contributed by atoms with Gasteiger partial charge in [-0.2, -0.15) is 0 Å². The second kappa shape index (κ2) is 5.09. The van der Waals surface area contributed by atoms with E-state index < -0.39 is 0 Å². The van der Waals surface area contributed by atoms with Gasteiger partial charge in [0.1, 0.15) is 0 Å². The van der Waals surface area contributed by atoms with Crippen molar-refractivity contribution in [2.75, 3.05) is 0 Å². The second-order valence-corrected chi connectivity index (χ2v) is 2.73. The molecule has 0 fully saturated rings. The molecule has 0 heterocycles. The van der Waals surface area contributed by atoms with Crippen molar-refractivity contribution in [1.82, 2.24) is 0 Å². The summed E-state index contributed by atoms with van der Waals surface area (Å²) >= 11 is 0. The molecule has 0 aliphatic rings. The third-order valence-electron chi connectivity index (χ3n) is 1.18. The van der Waals surface area contributed by atoms with Gasteiger partial charge >= 0.3 is 5.97 Å². The number of carbonyl (C=O) groups excluding carboxylic acids is 1. The predicted molar refractivity (Wildman–Crippen MR) is 46.0 cm³/mol. The van der Waals surface area contributed by atoms with E-state index in [0.29, 0.717) is 22.5 Å². The lowest BCUT2D eigenvalue weighted by Crippen LogP contribution is -2.19. The molecule has 0 N–H and O–H groups in total. The van der Waals surface area contributed by atoms with Crippen LogP contribution in [0.15, 0.2) is 12.2 Å². The molecular formula is C7H14O3Si. The average molecular weight is 174 g/mol. The van der Waals surface area contributed by atoms with Crippen LogP contribution in [-0.4, -0.2) is 22.7 Å². The van der Waals surface area contributed by atoms with E-state index in [0.717, 1.165) is 0 Å². The van der Waals surface area contributed by atoms with Crippen LogP contribution in [0.5, 0.6) is 0 Å². The molecule has 1 atom stereocenters. The van der Waals surface area contributed by atoms with Gasteiger partial charge in [0.15, 0.2) is 16.8 Å². The Labute approximate surface area is 69.9 Å². The van der Waals surface area contributed by atoms with Crippen LogP contribution in [-0.2, 0) is 14.0 Å². The standard InChI is InChI=1S/C7H14O3Si/c1-4-6(10-11)9-7(8)5(2)3/h6H,2,4H2,1,3,11H3. The van der Waals surface area contributed by atoms with Crippen molar-refractivity contribution < 1.29 is 14.0 Å². The number of carbonyl (C=O) groups is 1. The quantitative estimate of drug-likeness (QED) is 0.263. The van der Waals surface area contributed by atoms with Gasteiger partial charge < -0.3 is 9.16 Å². The van der Waals surface area contributed by atoms with Crippen LogP contribution < -0.4 is 0 Å². The minimum Gasteiger partial charge on any atom is -0.433 e. The lowest BCUT2D eigenvalue weighted by molar-refractivity contribution is -0.158. The van der Waals surface area contributed by atoms with E-state index in [1.165, 1.54) is 0 Å². The molecule has 0 aromatic rings. The molecule has 1 unspecified atom stereocenters. The molecule has 11 heavy (non-hydrogen) atoms.